The Kier molecular flexibility index (Phi) is 3.10. The first-order valence-electron chi connectivity index (χ1n) is 6.89. The zero-order valence-electron chi connectivity index (χ0n) is 11.3. The summed E-state index contributed by atoms with van der Waals surface area (Å²) in [5.41, 5.74) is 7.99. The molecule has 1 fully saturated rings. The molecular formula is C13H19N5O. The first-order valence-corrected chi connectivity index (χ1v) is 6.89. The van der Waals surface area contributed by atoms with Crippen molar-refractivity contribution in [3.05, 3.63) is 17.6 Å². The molecule has 0 aliphatic heterocycles. The molecule has 2 aromatic heterocycles. The Morgan fingerprint density at radius 2 is 2.26 bits per heavy atom. The first-order chi connectivity index (χ1) is 9.22. The Morgan fingerprint density at radius 1 is 1.47 bits per heavy atom. The molecule has 3 rings (SSSR count). The lowest BCUT2D eigenvalue weighted by molar-refractivity contribution is 0.408. The van der Waals surface area contributed by atoms with Crippen LogP contribution in [-0.2, 0) is 13.0 Å². The summed E-state index contributed by atoms with van der Waals surface area (Å²) >= 11 is 0. The molecule has 0 bridgehead atoms. The summed E-state index contributed by atoms with van der Waals surface area (Å²) in [4.78, 5) is 4.43. The third-order valence-electron chi connectivity index (χ3n) is 3.58. The highest BCUT2D eigenvalue weighted by molar-refractivity contribution is 5.48. The van der Waals surface area contributed by atoms with Gasteiger partial charge in [0.25, 0.3) is 5.89 Å². The molecule has 1 aliphatic carbocycles. The fraction of sp³-hybridized carbons (Fsp3) is 0.615. The lowest BCUT2D eigenvalue weighted by Crippen LogP contribution is -2.14. The Hall–Kier alpha value is -1.69. The van der Waals surface area contributed by atoms with E-state index in [1.54, 1.807) is 0 Å². The van der Waals surface area contributed by atoms with E-state index in [4.69, 9.17) is 10.3 Å². The van der Waals surface area contributed by atoms with Gasteiger partial charge in [-0.25, -0.2) is 0 Å². The van der Waals surface area contributed by atoms with Gasteiger partial charge in [0.05, 0.1) is 11.7 Å². The fourth-order valence-corrected chi connectivity index (χ4v) is 2.20. The topological polar surface area (TPSA) is 82.8 Å². The largest absolute Gasteiger partial charge is 0.332 e. The molecule has 1 aliphatic rings. The van der Waals surface area contributed by atoms with Gasteiger partial charge in [-0.05, 0) is 38.2 Å². The van der Waals surface area contributed by atoms with E-state index < -0.39 is 0 Å². The van der Waals surface area contributed by atoms with Crippen molar-refractivity contribution in [2.75, 3.05) is 0 Å². The van der Waals surface area contributed by atoms with Crippen molar-refractivity contribution in [3.63, 3.8) is 0 Å². The maximum atomic E-state index is 6.09. The molecule has 0 aromatic carbocycles. The van der Waals surface area contributed by atoms with Crippen LogP contribution in [0.15, 0.2) is 10.6 Å². The number of aryl methyl sites for hydroxylation is 2. The van der Waals surface area contributed by atoms with Crippen molar-refractivity contribution < 1.29 is 4.52 Å². The maximum Gasteiger partial charge on any atom is 0.276 e. The second-order valence-electron chi connectivity index (χ2n) is 5.01. The van der Waals surface area contributed by atoms with Gasteiger partial charge in [0, 0.05) is 6.54 Å². The van der Waals surface area contributed by atoms with Crippen LogP contribution in [0.25, 0.3) is 11.6 Å². The van der Waals surface area contributed by atoms with Crippen LogP contribution in [0, 0.1) is 5.92 Å². The Morgan fingerprint density at radius 3 is 2.89 bits per heavy atom. The lowest BCUT2D eigenvalue weighted by Gasteiger charge is -2.02. The molecule has 0 saturated heterocycles. The van der Waals surface area contributed by atoms with Gasteiger partial charge in [-0.3, -0.25) is 4.68 Å². The van der Waals surface area contributed by atoms with Gasteiger partial charge in [0.2, 0.25) is 0 Å². The molecule has 2 N–H and O–H groups in total. The molecule has 1 saturated carbocycles. The molecule has 6 heteroatoms. The van der Waals surface area contributed by atoms with Crippen molar-refractivity contribution in [1.82, 2.24) is 19.9 Å². The molecule has 6 nitrogen and oxygen atoms in total. The van der Waals surface area contributed by atoms with Gasteiger partial charge in [0.1, 0.15) is 5.69 Å². The van der Waals surface area contributed by atoms with E-state index in [2.05, 4.69) is 22.2 Å². The number of nitrogens with zero attached hydrogens (tertiary/aromatic N) is 4. The number of aromatic nitrogens is 4. The Labute approximate surface area is 112 Å². The van der Waals surface area contributed by atoms with Gasteiger partial charge in [-0.15, -0.1) is 0 Å². The van der Waals surface area contributed by atoms with Crippen LogP contribution < -0.4 is 5.73 Å². The summed E-state index contributed by atoms with van der Waals surface area (Å²) in [5.74, 6) is 1.65. The molecule has 0 spiro atoms. The summed E-state index contributed by atoms with van der Waals surface area (Å²) in [6.45, 7) is 4.90. The summed E-state index contributed by atoms with van der Waals surface area (Å²) in [6, 6.07) is 1.91. The van der Waals surface area contributed by atoms with Crippen molar-refractivity contribution in [2.24, 2.45) is 11.7 Å². The summed E-state index contributed by atoms with van der Waals surface area (Å²) < 4.78 is 7.24. The predicted molar refractivity (Wildman–Crippen MR) is 70.2 cm³/mol. The minimum atomic E-state index is -0.0962. The van der Waals surface area contributed by atoms with Crippen LogP contribution in [0.5, 0.6) is 0 Å². The standard InChI is InChI=1S/C13H19N5O/c1-3-9-7-10(18(4-2)16-9)13-15-12(17-19-13)11(14)8-5-6-8/h7-8,11H,3-6,14H2,1-2H3. The van der Waals surface area contributed by atoms with E-state index in [9.17, 15) is 0 Å². The van der Waals surface area contributed by atoms with Gasteiger partial charge in [0.15, 0.2) is 5.82 Å². The maximum absolute atomic E-state index is 6.09. The highest BCUT2D eigenvalue weighted by Gasteiger charge is 2.33. The number of rotatable bonds is 5. The van der Waals surface area contributed by atoms with Crippen molar-refractivity contribution in [3.8, 4) is 11.6 Å². The molecule has 2 heterocycles. The monoisotopic (exact) mass is 261 g/mol. The predicted octanol–water partition coefficient (Wildman–Crippen LogP) is 1.93. The van der Waals surface area contributed by atoms with Crippen LogP contribution in [0.1, 0.15) is 44.2 Å². The number of hydrogen-bond acceptors (Lipinski definition) is 5. The van der Waals surface area contributed by atoms with Crippen LogP contribution in [-0.4, -0.2) is 19.9 Å². The van der Waals surface area contributed by atoms with E-state index >= 15 is 0 Å². The molecule has 102 valence electrons. The van der Waals surface area contributed by atoms with Crippen molar-refractivity contribution in [2.45, 2.75) is 45.7 Å². The van der Waals surface area contributed by atoms with Crippen molar-refractivity contribution in [1.29, 1.82) is 0 Å². The van der Waals surface area contributed by atoms with Crippen LogP contribution >= 0.6 is 0 Å². The minimum absolute atomic E-state index is 0.0962. The molecular weight excluding hydrogens is 242 g/mol. The van der Waals surface area contributed by atoms with E-state index in [-0.39, 0.29) is 6.04 Å². The second kappa shape index (κ2) is 4.77. The molecule has 19 heavy (non-hydrogen) atoms. The minimum Gasteiger partial charge on any atom is -0.332 e. The lowest BCUT2D eigenvalue weighted by atomic mass is 10.2. The average molecular weight is 261 g/mol. The van der Waals surface area contributed by atoms with E-state index in [1.807, 2.05) is 17.7 Å². The van der Waals surface area contributed by atoms with Gasteiger partial charge >= 0.3 is 0 Å². The van der Waals surface area contributed by atoms with Gasteiger partial charge in [-0.1, -0.05) is 12.1 Å². The zero-order valence-corrected chi connectivity index (χ0v) is 11.3. The number of nitrogens with two attached hydrogens (primary N) is 1. The highest BCUT2D eigenvalue weighted by Crippen LogP contribution is 2.38. The molecule has 1 atom stereocenters. The summed E-state index contributed by atoms with van der Waals surface area (Å²) in [7, 11) is 0. The average Bonchev–Trinajstić information content (AvgIpc) is 3.02. The third kappa shape index (κ3) is 2.28. The smallest absolute Gasteiger partial charge is 0.276 e. The molecule has 0 amide bonds. The van der Waals surface area contributed by atoms with Crippen LogP contribution in [0.4, 0.5) is 0 Å². The highest BCUT2D eigenvalue weighted by atomic mass is 16.5. The molecule has 1 unspecified atom stereocenters. The SMILES string of the molecule is CCc1cc(-c2nc(C(N)C3CC3)no2)n(CC)n1. The Bertz CT molecular complexity index is 569. The number of hydrogen-bond donors (Lipinski definition) is 1. The van der Waals surface area contributed by atoms with Gasteiger partial charge < -0.3 is 10.3 Å². The van der Waals surface area contributed by atoms with E-state index in [0.717, 1.165) is 37.2 Å². The van der Waals surface area contributed by atoms with Gasteiger partial charge in [-0.2, -0.15) is 10.1 Å². The summed E-state index contributed by atoms with van der Waals surface area (Å²) in [6.07, 6.45) is 3.22. The second-order valence-corrected chi connectivity index (χ2v) is 5.01. The zero-order chi connectivity index (χ0) is 13.4. The molecule has 2 aromatic rings. The van der Waals surface area contributed by atoms with Crippen molar-refractivity contribution >= 4 is 0 Å². The first kappa shape index (κ1) is 12.3. The van der Waals surface area contributed by atoms with Crippen LogP contribution in [0.3, 0.4) is 0 Å². The fourth-order valence-electron chi connectivity index (χ4n) is 2.20. The van der Waals surface area contributed by atoms with E-state index in [1.165, 1.54) is 0 Å². The Balaban J connectivity index is 1.91. The molecule has 0 radical (unpaired) electrons. The third-order valence-corrected chi connectivity index (χ3v) is 3.58. The normalized spacial score (nSPS) is 16.8. The summed E-state index contributed by atoms with van der Waals surface area (Å²) in [5, 5.41) is 8.49. The van der Waals surface area contributed by atoms with E-state index in [0.29, 0.717) is 17.6 Å². The quantitative estimate of drug-likeness (QED) is 0.889. The van der Waals surface area contributed by atoms with Crippen LogP contribution in [0.2, 0.25) is 0 Å².